The lowest BCUT2D eigenvalue weighted by molar-refractivity contribution is -0.135. The number of rotatable bonds is 4. The molecule has 0 aromatic carbocycles. The van der Waals surface area contributed by atoms with Crippen LogP contribution in [-0.2, 0) is 9.53 Å². The van der Waals surface area contributed by atoms with Gasteiger partial charge in [-0.15, -0.1) is 0 Å². The summed E-state index contributed by atoms with van der Waals surface area (Å²) in [6.45, 7) is 3.98. The lowest BCUT2D eigenvalue weighted by atomic mass is 9.76. The first-order valence-corrected chi connectivity index (χ1v) is 7.63. The molecule has 1 heterocycles. The molecular weight excluding hydrogens is 242 g/mol. The van der Waals surface area contributed by atoms with Gasteiger partial charge in [0.1, 0.15) is 6.10 Å². The summed E-state index contributed by atoms with van der Waals surface area (Å²) in [4.78, 5) is 12.3. The number of carbonyl (C=O) groups is 1. The third kappa shape index (κ3) is 3.48. The number of hydrogen-bond acceptors (Lipinski definition) is 3. The van der Waals surface area contributed by atoms with Gasteiger partial charge in [-0.1, -0.05) is 19.3 Å². The average Bonchev–Trinajstić information content (AvgIpc) is 2.86. The van der Waals surface area contributed by atoms with Gasteiger partial charge in [-0.05, 0) is 45.4 Å². The van der Waals surface area contributed by atoms with Gasteiger partial charge < -0.3 is 15.2 Å². The SMILES string of the molecule is C[C@@H]1CC[C@H](C(=O)N[C@@](C)(CO)C2CCCCC2)O1. The number of amides is 1. The molecule has 1 aliphatic heterocycles. The third-order valence-corrected chi connectivity index (χ3v) is 4.77. The van der Waals surface area contributed by atoms with Crippen LogP contribution in [0, 0.1) is 5.92 Å². The predicted molar refractivity (Wildman–Crippen MR) is 73.8 cm³/mol. The largest absolute Gasteiger partial charge is 0.394 e. The van der Waals surface area contributed by atoms with E-state index in [-0.39, 0.29) is 24.7 Å². The maximum atomic E-state index is 12.3. The van der Waals surface area contributed by atoms with Crippen molar-refractivity contribution in [2.45, 2.75) is 76.5 Å². The summed E-state index contributed by atoms with van der Waals surface area (Å²) in [6.07, 6.45) is 7.44. The van der Waals surface area contributed by atoms with Gasteiger partial charge >= 0.3 is 0 Å². The summed E-state index contributed by atoms with van der Waals surface area (Å²) in [5.74, 6) is 0.334. The van der Waals surface area contributed by atoms with E-state index in [2.05, 4.69) is 5.32 Å². The van der Waals surface area contributed by atoms with Crippen LogP contribution in [0.5, 0.6) is 0 Å². The van der Waals surface area contributed by atoms with E-state index in [0.717, 1.165) is 25.7 Å². The second kappa shape index (κ2) is 6.23. The fourth-order valence-electron chi connectivity index (χ4n) is 3.37. The first-order valence-electron chi connectivity index (χ1n) is 7.63. The quantitative estimate of drug-likeness (QED) is 0.820. The highest BCUT2D eigenvalue weighted by molar-refractivity contribution is 5.81. The highest BCUT2D eigenvalue weighted by Gasteiger charge is 2.38. The maximum Gasteiger partial charge on any atom is 0.249 e. The molecule has 4 nitrogen and oxygen atoms in total. The molecule has 0 unspecified atom stereocenters. The molecular formula is C15H27NO3. The molecule has 1 saturated heterocycles. The zero-order valence-electron chi connectivity index (χ0n) is 12.2. The molecule has 1 saturated carbocycles. The lowest BCUT2D eigenvalue weighted by Gasteiger charge is -2.39. The predicted octanol–water partition coefficient (Wildman–Crippen LogP) is 2.00. The molecule has 1 aliphatic carbocycles. The molecule has 19 heavy (non-hydrogen) atoms. The molecule has 2 fully saturated rings. The van der Waals surface area contributed by atoms with Crippen molar-refractivity contribution >= 4 is 5.91 Å². The third-order valence-electron chi connectivity index (χ3n) is 4.77. The Morgan fingerprint density at radius 1 is 1.26 bits per heavy atom. The molecule has 0 aromatic rings. The van der Waals surface area contributed by atoms with Gasteiger partial charge in [0.2, 0.25) is 5.91 Å². The Bertz CT molecular complexity index is 315. The van der Waals surface area contributed by atoms with Crippen molar-refractivity contribution in [1.29, 1.82) is 0 Å². The van der Waals surface area contributed by atoms with Crippen LogP contribution in [0.4, 0.5) is 0 Å². The van der Waals surface area contributed by atoms with Crippen molar-refractivity contribution in [3.05, 3.63) is 0 Å². The van der Waals surface area contributed by atoms with E-state index in [4.69, 9.17) is 4.74 Å². The number of aliphatic hydroxyl groups excluding tert-OH is 1. The van der Waals surface area contributed by atoms with Gasteiger partial charge in [0.05, 0.1) is 18.2 Å². The van der Waals surface area contributed by atoms with Gasteiger partial charge in [0.25, 0.3) is 0 Å². The summed E-state index contributed by atoms with van der Waals surface area (Å²) in [7, 11) is 0. The molecule has 2 N–H and O–H groups in total. The van der Waals surface area contributed by atoms with E-state index >= 15 is 0 Å². The van der Waals surface area contributed by atoms with Crippen LogP contribution in [0.15, 0.2) is 0 Å². The van der Waals surface area contributed by atoms with E-state index in [9.17, 15) is 9.90 Å². The number of ether oxygens (including phenoxy) is 1. The van der Waals surface area contributed by atoms with Gasteiger partial charge in [-0.2, -0.15) is 0 Å². The Morgan fingerprint density at radius 3 is 2.47 bits per heavy atom. The highest BCUT2D eigenvalue weighted by Crippen LogP contribution is 2.33. The fraction of sp³-hybridized carbons (Fsp3) is 0.933. The molecule has 0 bridgehead atoms. The summed E-state index contributed by atoms with van der Waals surface area (Å²) < 4.78 is 5.61. The van der Waals surface area contributed by atoms with Crippen LogP contribution in [-0.4, -0.2) is 35.4 Å². The highest BCUT2D eigenvalue weighted by atomic mass is 16.5. The van der Waals surface area contributed by atoms with E-state index in [1.807, 2.05) is 13.8 Å². The zero-order chi connectivity index (χ0) is 13.9. The van der Waals surface area contributed by atoms with Gasteiger partial charge in [0, 0.05) is 0 Å². The Morgan fingerprint density at radius 2 is 1.95 bits per heavy atom. The van der Waals surface area contributed by atoms with Crippen molar-refractivity contribution in [2.75, 3.05) is 6.61 Å². The summed E-state index contributed by atoms with van der Waals surface area (Å²) in [6, 6.07) is 0. The van der Waals surface area contributed by atoms with E-state index in [1.165, 1.54) is 19.3 Å². The van der Waals surface area contributed by atoms with Crippen LogP contribution in [0.25, 0.3) is 0 Å². The van der Waals surface area contributed by atoms with Crippen molar-refractivity contribution in [3.63, 3.8) is 0 Å². The fourth-order valence-corrected chi connectivity index (χ4v) is 3.37. The molecule has 0 spiro atoms. The summed E-state index contributed by atoms with van der Waals surface area (Å²) >= 11 is 0. The molecule has 0 radical (unpaired) electrons. The lowest BCUT2D eigenvalue weighted by Crippen LogP contribution is -2.57. The van der Waals surface area contributed by atoms with Crippen molar-refractivity contribution in [3.8, 4) is 0 Å². The number of hydrogen-bond donors (Lipinski definition) is 2. The molecule has 110 valence electrons. The summed E-state index contributed by atoms with van der Waals surface area (Å²) in [5.41, 5.74) is -0.493. The summed E-state index contributed by atoms with van der Waals surface area (Å²) in [5, 5.41) is 12.8. The van der Waals surface area contributed by atoms with E-state index in [0.29, 0.717) is 5.92 Å². The van der Waals surface area contributed by atoms with Crippen LogP contribution in [0.2, 0.25) is 0 Å². The number of nitrogens with one attached hydrogen (secondary N) is 1. The number of aliphatic hydroxyl groups is 1. The monoisotopic (exact) mass is 269 g/mol. The standard InChI is InChI=1S/C15H27NO3/c1-11-8-9-13(19-11)14(18)16-15(2,10-17)12-6-4-3-5-7-12/h11-13,17H,3-10H2,1-2H3,(H,16,18)/t11-,13-,15+/m1/s1. The topological polar surface area (TPSA) is 58.6 Å². The Hall–Kier alpha value is -0.610. The second-order valence-corrected chi connectivity index (χ2v) is 6.41. The van der Waals surface area contributed by atoms with E-state index < -0.39 is 5.54 Å². The molecule has 1 amide bonds. The molecule has 0 aromatic heterocycles. The normalized spacial score (nSPS) is 31.9. The minimum absolute atomic E-state index is 0.00564. The minimum atomic E-state index is -0.493. The number of carbonyl (C=O) groups excluding carboxylic acids is 1. The van der Waals surface area contributed by atoms with Crippen LogP contribution >= 0.6 is 0 Å². The van der Waals surface area contributed by atoms with Crippen LogP contribution in [0.3, 0.4) is 0 Å². The van der Waals surface area contributed by atoms with Crippen LogP contribution in [0.1, 0.15) is 58.8 Å². The van der Waals surface area contributed by atoms with Gasteiger partial charge in [-0.3, -0.25) is 4.79 Å². The van der Waals surface area contributed by atoms with Crippen molar-refractivity contribution < 1.29 is 14.6 Å². The Kier molecular flexibility index (Phi) is 4.85. The molecule has 2 rings (SSSR count). The van der Waals surface area contributed by atoms with Crippen molar-refractivity contribution in [1.82, 2.24) is 5.32 Å². The van der Waals surface area contributed by atoms with Crippen LogP contribution < -0.4 is 5.32 Å². The maximum absolute atomic E-state index is 12.3. The Balaban J connectivity index is 1.95. The van der Waals surface area contributed by atoms with Gasteiger partial charge in [-0.25, -0.2) is 0 Å². The zero-order valence-corrected chi connectivity index (χ0v) is 12.2. The molecule has 3 atom stereocenters. The Labute approximate surface area is 115 Å². The van der Waals surface area contributed by atoms with Gasteiger partial charge in [0.15, 0.2) is 0 Å². The van der Waals surface area contributed by atoms with E-state index in [1.54, 1.807) is 0 Å². The molecule has 4 heteroatoms. The second-order valence-electron chi connectivity index (χ2n) is 6.41. The smallest absolute Gasteiger partial charge is 0.249 e. The van der Waals surface area contributed by atoms with Crippen molar-refractivity contribution in [2.24, 2.45) is 5.92 Å². The molecule has 2 aliphatic rings. The first kappa shape index (κ1) is 14.8. The first-order chi connectivity index (χ1) is 9.05. The minimum Gasteiger partial charge on any atom is -0.394 e. The average molecular weight is 269 g/mol.